The fraction of sp³-hybridized carbons (Fsp3) is 0.391. The van der Waals surface area contributed by atoms with E-state index in [-0.39, 0.29) is 42.5 Å². The van der Waals surface area contributed by atoms with Crippen molar-refractivity contribution in [2.75, 3.05) is 19.6 Å². The average molecular weight is 535 g/mol. The molecule has 2 heterocycles. The van der Waals surface area contributed by atoms with Crippen LogP contribution in [0.5, 0.6) is 0 Å². The van der Waals surface area contributed by atoms with Gasteiger partial charge in [0.1, 0.15) is 11.4 Å². The summed E-state index contributed by atoms with van der Waals surface area (Å²) in [4.78, 5) is 26.0. The molecule has 1 unspecified atom stereocenters. The fourth-order valence-electron chi connectivity index (χ4n) is 4.72. The average Bonchev–Trinajstić information content (AvgIpc) is 2.78. The van der Waals surface area contributed by atoms with Gasteiger partial charge < -0.3 is 20.1 Å². The molecule has 2 aliphatic heterocycles. The van der Waals surface area contributed by atoms with Crippen LogP contribution in [0.3, 0.4) is 0 Å². The normalized spacial score (nSPS) is 21.7. The van der Waals surface area contributed by atoms with Crippen LogP contribution in [-0.2, 0) is 15.1 Å². The molecule has 2 aromatic carbocycles. The summed E-state index contributed by atoms with van der Waals surface area (Å²) in [5.41, 5.74) is -5.13. The van der Waals surface area contributed by atoms with Crippen molar-refractivity contribution in [1.29, 1.82) is 0 Å². The first-order chi connectivity index (χ1) is 16.4. The first-order valence-corrected chi connectivity index (χ1v) is 11.4. The van der Waals surface area contributed by atoms with Crippen LogP contribution in [0.2, 0.25) is 10.0 Å². The highest BCUT2D eigenvalue weighted by atomic mass is 35.5. The number of amides is 2. The summed E-state index contributed by atoms with van der Waals surface area (Å²) in [5.74, 6) is -2.46. The molecule has 35 heavy (non-hydrogen) atoms. The molecule has 6 nitrogen and oxygen atoms in total. The topological polar surface area (TPSA) is 78.9 Å². The van der Waals surface area contributed by atoms with E-state index in [0.717, 1.165) is 17.0 Å². The Morgan fingerprint density at radius 1 is 1.09 bits per heavy atom. The summed E-state index contributed by atoms with van der Waals surface area (Å²) in [6.45, 7) is -0.279. The first kappa shape index (κ1) is 25.5. The minimum absolute atomic E-state index is 0.0123. The van der Waals surface area contributed by atoms with Crippen LogP contribution >= 0.6 is 23.2 Å². The predicted octanol–water partition coefficient (Wildman–Crippen LogP) is 4.77. The minimum atomic E-state index is -5.37. The van der Waals surface area contributed by atoms with Crippen LogP contribution < -0.4 is 5.32 Å². The number of hydrogen-bond acceptors (Lipinski definition) is 4. The van der Waals surface area contributed by atoms with Gasteiger partial charge in [-0.1, -0.05) is 35.3 Å². The van der Waals surface area contributed by atoms with E-state index in [9.17, 15) is 32.3 Å². The molecule has 0 aliphatic carbocycles. The number of hydrogen-bond donors (Lipinski definition) is 2. The van der Waals surface area contributed by atoms with Gasteiger partial charge in [-0.2, -0.15) is 13.2 Å². The molecular weight excluding hydrogens is 515 g/mol. The molecule has 12 heteroatoms. The first-order valence-electron chi connectivity index (χ1n) is 10.6. The van der Waals surface area contributed by atoms with Crippen molar-refractivity contribution >= 4 is 35.2 Å². The van der Waals surface area contributed by atoms with Crippen LogP contribution in [0.15, 0.2) is 42.5 Å². The predicted molar refractivity (Wildman–Crippen MR) is 119 cm³/mol. The molecule has 2 atom stereocenters. The Morgan fingerprint density at radius 3 is 2.20 bits per heavy atom. The van der Waals surface area contributed by atoms with Gasteiger partial charge in [0.15, 0.2) is 0 Å². The second-order valence-corrected chi connectivity index (χ2v) is 9.47. The molecule has 1 spiro atoms. The summed E-state index contributed by atoms with van der Waals surface area (Å²) in [5, 5.41) is 12.9. The lowest BCUT2D eigenvalue weighted by molar-refractivity contribution is -0.262. The quantitative estimate of drug-likeness (QED) is 0.556. The highest BCUT2D eigenvalue weighted by molar-refractivity contribution is 6.34. The lowest BCUT2D eigenvalue weighted by atomic mass is 9.74. The number of likely N-dealkylation sites (tertiary alicyclic amines) is 1. The Hall–Kier alpha value is -2.56. The van der Waals surface area contributed by atoms with Gasteiger partial charge in [-0.25, -0.2) is 9.18 Å². The number of ether oxygens (including phenoxy) is 1. The molecule has 0 aromatic heterocycles. The summed E-state index contributed by atoms with van der Waals surface area (Å²) < 4.78 is 61.3. The summed E-state index contributed by atoms with van der Waals surface area (Å²) in [6.07, 6.45) is -6.04. The van der Waals surface area contributed by atoms with Crippen LogP contribution in [0, 0.1) is 5.82 Å². The van der Waals surface area contributed by atoms with E-state index in [1.165, 1.54) is 18.2 Å². The lowest BCUT2D eigenvalue weighted by Gasteiger charge is -2.49. The maximum absolute atomic E-state index is 14.1. The van der Waals surface area contributed by atoms with Gasteiger partial charge in [-0.3, -0.25) is 4.79 Å². The minimum Gasteiger partial charge on any atom is -0.442 e. The number of carbonyl (C=O) groups excluding carboxylic acids is 2. The van der Waals surface area contributed by atoms with Crippen molar-refractivity contribution in [3.8, 4) is 0 Å². The molecular formula is C23H20Cl2F4N2O4. The molecule has 2 amide bonds. The van der Waals surface area contributed by atoms with Gasteiger partial charge in [0.05, 0.1) is 0 Å². The Bertz CT molecular complexity index is 1120. The standard InChI is InChI=1S/C23H20Cl2F4N2O4/c24-15-9-14(10-16(25)11-15)22(34,23(27,28)29)19(32)31-7-5-21(6-8-31)18(12-30-20(33)35-21)13-1-3-17(26)4-2-13/h1-4,9-11,18,34H,5-8,12H2,(H,30,33)/t18?,22-/m1/s1. The number of aliphatic hydroxyl groups is 1. The van der Waals surface area contributed by atoms with E-state index >= 15 is 0 Å². The molecule has 2 saturated heterocycles. The zero-order valence-corrected chi connectivity index (χ0v) is 19.6. The zero-order valence-electron chi connectivity index (χ0n) is 18.0. The van der Waals surface area contributed by atoms with Crippen LogP contribution in [0.1, 0.15) is 29.9 Å². The number of nitrogens with one attached hydrogen (secondary N) is 1. The second-order valence-electron chi connectivity index (χ2n) is 8.60. The molecule has 0 saturated carbocycles. The van der Waals surface area contributed by atoms with E-state index in [2.05, 4.69) is 5.32 Å². The van der Waals surface area contributed by atoms with Crippen molar-refractivity contribution in [3.05, 3.63) is 69.5 Å². The van der Waals surface area contributed by atoms with Crippen molar-refractivity contribution in [1.82, 2.24) is 10.2 Å². The molecule has 4 rings (SSSR count). The number of alkyl halides is 3. The molecule has 0 radical (unpaired) electrons. The molecule has 2 aliphatic rings. The van der Waals surface area contributed by atoms with Gasteiger partial charge in [0.25, 0.3) is 11.5 Å². The van der Waals surface area contributed by atoms with E-state index in [4.69, 9.17) is 27.9 Å². The van der Waals surface area contributed by atoms with Crippen molar-refractivity contribution in [2.24, 2.45) is 0 Å². The molecule has 2 fully saturated rings. The third-order valence-electron chi connectivity index (χ3n) is 6.55. The SMILES string of the molecule is O=C1NCC(c2ccc(F)cc2)C2(CCN(C(=O)[C@](O)(c3cc(Cl)cc(Cl)c3)C(F)(F)F)CC2)O1. The zero-order chi connectivity index (χ0) is 25.6. The third kappa shape index (κ3) is 4.66. The Kier molecular flexibility index (Phi) is 6.67. The number of alkyl carbamates (subject to hydrolysis) is 1. The second kappa shape index (κ2) is 9.15. The molecule has 188 valence electrons. The molecule has 0 bridgehead atoms. The number of nitrogens with zero attached hydrogens (tertiary/aromatic N) is 1. The summed E-state index contributed by atoms with van der Waals surface area (Å²) in [6, 6.07) is 8.47. The number of piperidine rings is 1. The largest absolute Gasteiger partial charge is 0.442 e. The van der Waals surface area contributed by atoms with Crippen LogP contribution in [0.25, 0.3) is 0 Å². The highest BCUT2D eigenvalue weighted by Gasteiger charge is 2.63. The summed E-state index contributed by atoms with van der Waals surface area (Å²) >= 11 is 11.7. The van der Waals surface area contributed by atoms with Gasteiger partial charge in [0, 0.05) is 54.0 Å². The van der Waals surface area contributed by atoms with Crippen molar-refractivity contribution < 1.29 is 37.0 Å². The van der Waals surface area contributed by atoms with Crippen molar-refractivity contribution in [2.45, 2.75) is 36.1 Å². The number of carbonyl (C=O) groups is 2. The molecule has 2 N–H and O–H groups in total. The number of rotatable bonds is 3. The Morgan fingerprint density at radius 2 is 1.66 bits per heavy atom. The smallest absolute Gasteiger partial charge is 0.430 e. The Labute approximate surface area is 207 Å². The van der Waals surface area contributed by atoms with Crippen LogP contribution in [0.4, 0.5) is 22.4 Å². The van der Waals surface area contributed by atoms with Gasteiger partial charge in [-0.05, 0) is 35.9 Å². The number of halogens is 6. The third-order valence-corrected chi connectivity index (χ3v) is 6.99. The monoisotopic (exact) mass is 534 g/mol. The maximum Gasteiger partial charge on any atom is 0.430 e. The van der Waals surface area contributed by atoms with Gasteiger partial charge in [0.2, 0.25) is 0 Å². The number of benzene rings is 2. The van der Waals surface area contributed by atoms with Gasteiger partial charge in [-0.15, -0.1) is 0 Å². The Balaban J connectivity index is 1.62. The summed E-state index contributed by atoms with van der Waals surface area (Å²) in [7, 11) is 0. The highest BCUT2D eigenvalue weighted by Crippen LogP contribution is 2.45. The van der Waals surface area contributed by atoms with Crippen molar-refractivity contribution in [3.63, 3.8) is 0 Å². The van der Waals surface area contributed by atoms with Gasteiger partial charge >= 0.3 is 12.3 Å². The van der Waals surface area contributed by atoms with E-state index in [0.29, 0.717) is 5.56 Å². The molecule has 2 aromatic rings. The van der Waals surface area contributed by atoms with Crippen LogP contribution in [-0.4, -0.2) is 53.4 Å². The van der Waals surface area contributed by atoms with E-state index in [1.54, 1.807) is 12.1 Å². The fourth-order valence-corrected chi connectivity index (χ4v) is 5.24. The lowest BCUT2D eigenvalue weighted by Crippen LogP contribution is -2.62. The van der Waals surface area contributed by atoms with E-state index in [1.807, 2.05) is 0 Å². The maximum atomic E-state index is 14.1. The van der Waals surface area contributed by atoms with E-state index < -0.39 is 46.7 Å².